The third-order valence-electron chi connectivity index (χ3n) is 8.97. The zero-order chi connectivity index (χ0) is 40.9. The van der Waals surface area contributed by atoms with E-state index in [0.29, 0.717) is 79.7 Å². The lowest BCUT2D eigenvalue weighted by molar-refractivity contribution is -0.192. The number of rotatable bonds is 16. The van der Waals surface area contributed by atoms with E-state index >= 15 is 0 Å². The van der Waals surface area contributed by atoms with Gasteiger partial charge in [0.15, 0.2) is 11.6 Å². The van der Waals surface area contributed by atoms with Gasteiger partial charge >= 0.3 is 12.1 Å². The molecule has 2 aromatic rings. The number of halogens is 3. The number of amides is 4. The molecule has 4 rings (SSSR count). The van der Waals surface area contributed by atoms with Crippen LogP contribution in [0.5, 0.6) is 0 Å². The predicted octanol–water partition coefficient (Wildman–Crippen LogP) is 3.17. The molecule has 1 aliphatic heterocycles. The van der Waals surface area contributed by atoms with Crippen molar-refractivity contribution in [2.45, 2.75) is 90.0 Å². The van der Waals surface area contributed by atoms with E-state index in [1.54, 1.807) is 42.5 Å². The van der Waals surface area contributed by atoms with Crippen molar-refractivity contribution in [2.75, 3.05) is 31.5 Å². The molecule has 1 fully saturated rings. The van der Waals surface area contributed by atoms with Crippen molar-refractivity contribution in [1.29, 1.82) is 0 Å². The fourth-order valence-corrected chi connectivity index (χ4v) is 6.23. The molecule has 300 valence electrons. The molecular weight excluding hydrogens is 725 g/mol. The van der Waals surface area contributed by atoms with Crippen molar-refractivity contribution in [3.63, 3.8) is 0 Å². The number of benzene rings is 2. The number of carbonyl (C=O) groups is 7. The lowest BCUT2D eigenvalue weighted by atomic mass is 9.83. The fraction of sp³-hybridized carbons (Fsp3) is 0.500. The third-order valence-corrected chi connectivity index (χ3v) is 8.97. The minimum atomic E-state index is -5.08. The third kappa shape index (κ3) is 12.3. The Labute approximate surface area is 317 Å². The first-order valence-electron chi connectivity index (χ1n) is 18.2. The predicted molar refractivity (Wildman–Crippen MR) is 196 cm³/mol. The van der Waals surface area contributed by atoms with Crippen LogP contribution in [0.25, 0.3) is 0 Å². The number of carboxylic acids is 1. The summed E-state index contributed by atoms with van der Waals surface area (Å²) in [6.45, 7) is 6.78. The van der Waals surface area contributed by atoms with Crippen LogP contribution in [0, 0.1) is 5.92 Å². The second-order valence-corrected chi connectivity index (χ2v) is 13.7. The monoisotopic (exact) mass is 774 g/mol. The largest absolute Gasteiger partial charge is 0.490 e. The van der Waals surface area contributed by atoms with Gasteiger partial charge in [-0.2, -0.15) is 13.2 Å². The molecule has 1 saturated heterocycles. The molecule has 4 amide bonds. The van der Waals surface area contributed by atoms with Gasteiger partial charge in [-0.1, -0.05) is 70.0 Å². The summed E-state index contributed by atoms with van der Waals surface area (Å²) >= 11 is 0. The maximum absolute atomic E-state index is 13.6. The number of carboxylic acid groups (broad SMARTS) is 1. The Kier molecular flexibility index (Phi) is 16.3. The average Bonchev–Trinajstić information content (AvgIpc) is 3.64. The van der Waals surface area contributed by atoms with Crippen LogP contribution < -0.4 is 27.0 Å². The van der Waals surface area contributed by atoms with Gasteiger partial charge in [-0.25, -0.2) is 4.79 Å². The van der Waals surface area contributed by atoms with Gasteiger partial charge in [-0.05, 0) is 44.1 Å². The highest BCUT2D eigenvalue weighted by Gasteiger charge is 2.39. The standard InChI is InChI=1S/C36H48N6O6.C2HF3O2/c1-4-5-14-26(37)34(46)40-21-30(43)41-28(20-22(2)3)36(48)42-19-9-16-29(42)35(47)39-18-10-17-38-27-15-8-13-25-31(27)33(45)24-12-7-6-11-23(24)32(25)44;3-2(4,5)1(6)7/h6-8,11-13,15,22,26,28-29,38H,4-5,9-10,14,16-21,37H2,1-3H3,(H,39,47)(H,40,46)(H,41,43);(H,6,7)/t26-,28-,29-;/m0./s1. The normalized spacial score (nSPS) is 15.9. The smallest absolute Gasteiger partial charge is 0.475 e. The lowest BCUT2D eigenvalue weighted by Gasteiger charge is -2.29. The molecule has 7 N–H and O–H groups in total. The highest BCUT2D eigenvalue weighted by Crippen LogP contribution is 2.32. The second kappa shape index (κ2) is 20.4. The van der Waals surface area contributed by atoms with Gasteiger partial charge in [0.25, 0.3) is 0 Å². The van der Waals surface area contributed by atoms with Crippen molar-refractivity contribution < 1.29 is 51.8 Å². The van der Waals surface area contributed by atoms with Crippen LogP contribution in [0.2, 0.25) is 0 Å². The van der Waals surface area contributed by atoms with Crippen molar-refractivity contribution in [3.05, 3.63) is 64.7 Å². The number of nitrogens with one attached hydrogen (secondary N) is 4. The number of unbranched alkanes of at least 4 members (excludes halogenated alkanes) is 1. The fourth-order valence-electron chi connectivity index (χ4n) is 6.23. The van der Waals surface area contributed by atoms with Crippen LogP contribution in [0.1, 0.15) is 97.6 Å². The van der Waals surface area contributed by atoms with Crippen molar-refractivity contribution >= 4 is 46.9 Å². The van der Waals surface area contributed by atoms with Crippen LogP contribution >= 0.6 is 0 Å². The van der Waals surface area contributed by atoms with Gasteiger partial charge < -0.3 is 37.0 Å². The van der Waals surface area contributed by atoms with Crippen LogP contribution in [0.15, 0.2) is 42.5 Å². The Morgan fingerprint density at radius 2 is 1.56 bits per heavy atom. The van der Waals surface area contributed by atoms with Crippen molar-refractivity contribution in [3.8, 4) is 0 Å². The summed E-state index contributed by atoms with van der Waals surface area (Å²) in [5.41, 5.74) is 7.96. The van der Waals surface area contributed by atoms with E-state index in [0.717, 1.165) is 12.8 Å². The molecule has 2 aliphatic rings. The van der Waals surface area contributed by atoms with E-state index in [2.05, 4.69) is 21.3 Å². The van der Waals surface area contributed by atoms with E-state index in [9.17, 15) is 41.9 Å². The molecule has 0 bridgehead atoms. The molecule has 0 saturated carbocycles. The number of ketones is 2. The van der Waals surface area contributed by atoms with Gasteiger partial charge in [0, 0.05) is 42.0 Å². The number of likely N-dealkylation sites (tertiary alicyclic amines) is 1. The van der Waals surface area contributed by atoms with Gasteiger partial charge in [0.2, 0.25) is 23.6 Å². The number of fused-ring (bicyclic) bond motifs is 2. The maximum atomic E-state index is 13.6. The quantitative estimate of drug-likeness (QED) is 0.117. The molecule has 0 radical (unpaired) electrons. The Bertz CT molecular complexity index is 1730. The highest BCUT2D eigenvalue weighted by atomic mass is 19.4. The number of carbonyl (C=O) groups excluding carboxylic acids is 6. The second-order valence-electron chi connectivity index (χ2n) is 13.7. The van der Waals surface area contributed by atoms with Crippen molar-refractivity contribution in [2.24, 2.45) is 11.7 Å². The molecule has 0 spiro atoms. The summed E-state index contributed by atoms with van der Waals surface area (Å²) in [7, 11) is 0. The van der Waals surface area contributed by atoms with Gasteiger partial charge in [0.05, 0.1) is 18.2 Å². The summed E-state index contributed by atoms with van der Waals surface area (Å²) in [5, 5.41) is 18.6. The highest BCUT2D eigenvalue weighted by molar-refractivity contribution is 6.30. The average molecular weight is 775 g/mol. The van der Waals surface area contributed by atoms with Gasteiger partial charge in [0.1, 0.15) is 12.1 Å². The lowest BCUT2D eigenvalue weighted by Crippen LogP contribution is -2.55. The van der Waals surface area contributed by atoms with Crippen LogP contribution in [0.3, 0.4) is 0 Å². The molecule has 1 heterocycles. The van der Waals surface area contributed by atoms with E-state index in [4.69, 9.17) is 15.6 Å². The first kappa shape index (κ1) is 44.1. The minimum Gasteiger partial charge on any atom is -0.475 e. The van der Waals surface area contributed by atoms with E-state index in [1.165, 1.54) is 4.90 Å². The molecular formula is C38H49F3N6O8. The Morgan fingerprint density at radius 1 is 0.927 bits per heavy atom. The topological polar surface area (TPSA) is 217 Å². The number of hydrogen-bond acceptors (Lipinski definition) is 9. The van der Waals surface area contributed by atoms with Crippen LogP contribution in [0.4, 0.5) is 18.9 Å². The Balaban J connectivity index is 0.00000106. The number of nitrogens with zero attached hydrogens (tertiary/aromatic N) is 1. The Hall–Kier alpha value is -5.32. The first-order valence-corrected chi connectivity index (χ1v) is 18.2. The number of aliphatic carboxylic acids is 1. The first-order chi connectivity index (χ1) is 26.0. The molecule has 17 heteroatoms. The summed E-state index contributed by atoms with van der Waals surface area (Å²) in [6.07, 6.45) is -0.745. The molecule has 55 heavy (non-hydrogen) atoms. The molecule has 14 nitrogen and oxygen atoms in total. The van der Waals surface area contributed by atoms with E-state index < -0.39 is 42.1 Å². The van der Waals surface area contributed by atoms with Crippen LogP contribution in [-0.4, -0.2) is 102 Å². The zero-order valence-corrected chi connectivity index (χ0v) is 31.1. The molecule has 1 aliphatic carbocycles. The molecule has 0 unspecified atom stereocenters. The summed E-state index contributed by atoms with van der Waals surface area (Å²) < 4.78 is 31.7. The number of anilines is 1. The molecule has 2 aromatic carbocycles. The Morgan fingerprint density at radius 3 is 2.18 bits per heavy atom. The summed E-state index contributed by atoms with van der Waals surface area (Å²) in [6, 6.07) is 9.78. The SMILES string of the molecule is CCCC[C@H](N)C(=O)NCC(=O)N[C@@H](CC(C)C)C(=O)N1CCC[C@H]1C(=O)NCCCNc1cccc2c1C(=O)c1ccccc1C2=O.O=C(O)C(F)(F)F. The number of hydrogen-bond donors (Lipinski definition) is 6. The minimum absolute atomic E-state index is 0.0945. The maximum Gasteiger partial charge on any atom is 0.490 e. The molecule has 0 aromatic heterocycles. The van der Waals surface area contributed by atoms with Crippen LogP contribution in [-0.2, 0) is 24.0 Å². The van der Waals surface area contributed by atoms with Crippen molar-refractivity contribution in [1.82, 2.24) is 20.9 Å². The molecule has 3 atom stereocenters. The van der Waals surface area contributed by atoms with Gasteiger partial charge in [-0.3, -0.25) is 28.8 Å². The van der Waals surface area contributed by atoms with E-state index in [1.807, 2.05) is 20.8 Å². The summed E-state index contributed by atoms with van der Waals surface area (Å²) in [4.78, 5) is 88.5. The summed E-state index contributed by atoms with van der Waals surface area (Å²) in [5.74, 6) is -4.54. The van der Waals surface area contributed by atoms with Gasteiger partial charge in [-0.15, -0.1) is 0 Å². The number of nitrogens with two attached hydrogens (primary N) is 1. The number of alkyl halides is 3. The zero-order valence-electron chi connectivity index (χ0n) is 31.1. The van der Waals surface area contributed by atoms with E-state index in [-0.39, 0.29) is 35.8 Å².